The fraction of sp³-hybridized carbons (Fsp3) is 0.667. The minimum Gasteiger partial charge on any atom is -0.314 e. The highest BCUT2D eigenvalue weighted by Crippen LogP contribution is 2.31. The molecule has 0 amide bonds. The van der Waals surface area contributed by atoms with E-state index < -0.39 is 0 Å². The number of piperazine rings is 1. The molecule has 20 heavy (non-hydrogen) atoms. The molecule has 0 saturated carbocycles. The molecule has 112 valence electrons. The van der Waals surface area contributed by atoms with Gasteiger partial charge in [-0.2, -0.15) is 0 Å². The van der Waals surface area contributed by atoms with Gasteiger partial charge >= 0.3 is 0 Å². The van der Waals surface area contributed by atoms with Crippen molar-refractivity contribution in [3.63, 3.8) is 0 Å². The lowest BCUT2D eigenvalue weighted by atomic mass is 9.83. The lowest BCUT2D eigenvalue weighted by molar-refractivity contribution is 0.226. The molecule has 2 rings (SSSR count). The van der Waals surface area contributed by atoms with Crippen molar-refractivity contribution in [2.45, 2.75) is 40.0 Å². The van der Waals surface area contributed by atoms with Crippen LogP contribution in [0.2, 0.25) is 0 Å². The first kappa shape index (κ1) is 15.5. The van der Waals surface area contributed by atoms with E-state index >= 15 is 0 Å². The average Bonchev–Trinajstić information content (AvgIpc) is 2.42. The molecule has 0 bridgehead atoms. The molecular formula is C18H30N2. The van der Waals surface area contributed by atoms with E-state index in [0.717, 1.165) is 13.1 Å². The summed E-state index contributed by atoms with van der Waals surface area (Å²) >= 11 is 0. The van der Waals surface area contributed by atoms with Crippen LogP contribution in [0.15, 0.2) is 18.2 Å². The second-order valence-electron chi connectivity index (χ2n) is 6.59. The Morgan fingerprint density at radius 1 is 1.15 bits per heavy atom. The smallest absolute Gasteiger partial charge is 0.0107 e. The zero-order valence-corrected chi connectivity index (χ0v) is 13.6. The minimum absolute atomic E-state index is 0.686. The number of nitrogens with one attached hydrogen (secondary N) is 1. The molecule has 0 aliphatic carbocycles. The van der Waals surface area contributed by atoms with Crippen molar-refractivity contribution in [1.82, 2.24) is 10.2 Å². The van der Waals surface area contributed by atoms with Crippen LogP contribution < -0.4 is 5.32 Å². The van der Waals surface area contributed by atoms with Gasteiger partial charge in [-0.25, -0.2) is 0 Å². The summed E-state index contributed by atoms with van der Waals surface area (Å²) in [4.78, 5) is 2.61. The summed E-state index contributed by atoms with van der Waals surface area (Å²) in [5.74, 6) is 1.39. The average molecular weight is 274 g/mol. The Kier molecular flexibility index (Phi) is 5.62. The van der Waals surface area contributed by atoms with Gasteiger partial charge in [-0.15, -0.1) is 0 Å². The first-order chi connectivity index (χ1) is 9.58. The summed E-state index contributed by atoms with van der Waals surface area (Å²) in [5, 5.41) is 3.43. The molecule has 2 heteroatoms. The van der Waals surface area contributed by atoms with Crippen molar-refractivity contribution in [3.8, 4) is 0 Å². The molecule has 2 nitrogen and oxygen atoms in total. The van der Waals surface area contributed by atoms with E-state index in [-0.39, 0.29) is 0 Å². The van der Waals surface area contributed by atoms with Gasteiger partial charge in [0.1, 0.15) is 0 Å². The standard InChI is InChI=1S/C18H30N2/c1-14(2)17(7-10-20-11-8-19-9-12-20)18-6-5-15(3)13-16(18)4/h5-6,13-14,17,19H,7-12H2,1-4H3. The van der Waals surface area contributed by atoms with Gasteiger partial charge < -0.3 is 10.2 Å². The SMILES string of the molecule is Cc1ccc(C(CCN2CCNCC2)C(C)C)c(C)c1. The predicted molar refractivity (Wildman–Crippen MR) is 87.4 cm³/mol. The zero-order valence-electron chi connectivity index (χ0n) is 13.6. The van der Waals surface area contributed by atoms with E-state index in [2.05, 4.69) is 56.1 Å². The Balaban J connectivity index is 2.02. The van der Waals surface area contributed by atoms with Crippen LogP contribution in [0.4, 0.5) is 0 Å². The lowest BCUT2D eigenvalue weighted by Crippen LogP contribution is -2.44. The summed E-state index contributed by atoms with van der Waals surface area (Å²) in [7, 11) is 0. The maximum absolute atomic E-state index is 3.43. The molecule has 1 aliphatic rings. The second-order valence-corrected chi connectivity index (χ2v) is 6.59. The Labute approximate surface area is 124 Å². The molecule has 1 unspecified atom stereocenters. The number of nitrogens with zero attached hydrogens (tertiary/aromatic N) is 1. The predicted octanol–water partition coefficient (Wildman–Crippen LogP) is 3.34. The van der Waals surface area contributed by atoms with Crippen molar-refractivity contribution >= 4 is 0 Å². The van der Waals surface area contributed by atoms with Gasteiger partial charge in [-0.3, -0.25) is 0 Å². The largest absolute Gasteiger partial charge is 0.314 e. The first-order valence-corrected chi connectivity index (χ1v) is 8.08. The van der Waals surface area contributed by atoms with E-state index in [1.165, 1.54) is 37.2 Å². The highest BCUT2D eigenvalue weighted by molar-refractivity contribution is 5.33. The van der Waals surface area contributed by atoms with E-state index in [1.54, 1.807) is 5.56 Å². The van der Waals surface area contributed by atoms with Crippen LogP contribution in [0.5, 0.6) is 0 Å². The maximum Gasteiger partial charge on any atom is 0.0107 e. The Morgan fingerprint density at radius 3 is 2.45 bits per heavy atom. The van der Waals surface area contributed by atoms with E-state index in [9.17, 15) is 0 Å². The van der Waals surface area contributed by atoms with Gasteiger partial charge in [0.05, 0.1) is 0 Å². The Hall–Kier alpha value is -0.860. The fourth-order valence-corrected chi connectivity index (χ4v) is 3.35. The van der Waals surface area contributed by atoms with Crippen molar-refractivity contribution in [3.05, 3.63) is 34.9 Å². The molecule has 1 aromatic rings. The van der Waals surface area contributed by atoms with Gasteiger partial charge in [0, 0.05) is 26.2 Å². The van der Waals surface area contributed by atoms with Gasteiger partial charge in [0.15, 0.2) is 0 Å². The molecule has 0 spiro atoms. The molecule has 1 N–H and O–H groups in total. The van der Waals surface area contributed by atoms with Gasteiger partial charge in [-0.1, -0.05) is 37.6 Å². The summed E-state index contributed by atoms with van der Waals surface area (Å²) in [6.07, 6.45) is 1.28. The lowest BCUT2D eigenvalue weighted by Gasteiger charge is -2.30. The van der Waals surface area contributed by atoms with E-state index in [4.69, 9.17) is 0 Å². The third-order valence-electron chi connectivity index (χ3n) is 4.60. The van der Waals surface area contributed by atoms with Crippen molar-refractivity contribution < 1.29 is 0 Å². The van der Waals surface area contributed by atoms with Crippen molar-refractivity contribution in [2.24, 2.45) is 5.92 Å². The van der Waals surface area contributed by atoms with Crippen LogP contribution in [-0.4, -0.2) is 37.6 Å². The van der Waals surface area contributed by atoms with Crippen LogP contribution in [-0.2, 0) is 0 Å². The zero-order chi connectivity index (χ0) is 14.5. The molecule has 0 aromatic heterocycles. The maximum atomic E-state index is 3.43. The van der Waals surface area contributed by atoms with Crippen molar-refractivity contribution in [2.75, 3.05) is 32.7 Å². The molecule has 1 heterocycles. The molecule has 1 saturated heterocycles. The molecule has 0 radical (unpaired) electrons. The van der Waals surface area contributed by atoms with Crippen LogP contribution in [0.1, 0.15) is 42.9 Å². The van der Waals surface area contributed by atoms with Crippen molar-refractivity contribution in [1.29, 1.82) is 0 Å². The molecule has 1 aromatic carbocycles. The highest BCUT2D eigenvalue weighted by atomic mass is 15.2. The number of rotatable bonds is 5. The number of hydrogen-bond donors (Lipinski definition) is 1. The van der Waals surface area contributed by atoms with Gasteiger partial charge in [0.2, 0.25) is 0 Å². The van der Waals surface area contributed by atoms with Crippen LogP contribution in [0.25, 0.3) is 0 Å². The fourth-order valence-electron chi connectivity index (χ4n) is 3.35. The van der Waals surface area contributed by atoms with Gasteiger partial charge in [0.25, 0.3) is 0 Å². The number of benzene rings is 1. The minimum atomic E-state index is 0.686. The topological polar surface area (TPSA) is 15.3 Å². The quantitative estimate of drug-likeness (QED) is 0.886. The molecular weight excluding hydrogens is 244 g/mol. The molecule has 1 fully saturated rings. The Morgan fingerprint density at radius 2 is 1.85 bits per heavy atom. The second kappa shape index (κ2) is 7.24. The number of aryl methyl sites for hydroxylation is 2. The van der Waals surface area contributed by atoms with Crippen LogP contribution in [0, 0.1) is 19.8 Å². The van der Waals surface area contributed by atoms with Crippen LogP contribution in [0.3, 0.4) is 0 Å². The normalized spacial score (nSPS) is 18.4. The third kappa shape index (κ3) is 4.07. The number of hydrogen-bond acceptors (Lipinski definition) is 2. The van der Waals surface area contributed by atoms with E-state index in [1.807, 2.05) is 0 Å². The Bertz CT molecular complexity index is 419. The first-order valence-electron chi connectivity index (χ1n) is 8.08. The summed E-state index contributed by atoms with van der Waals surface area (Å²) in [5.41, 5.74) is 4.39. The summed E-state index contributed by atoms with van der Waals surface area (Å²) in [6.45, 7) is 15.1. The van der Waals surface area contributed by atoms with E-state index in [0.29, 0.717) is 11.8 Å². The third-order valence-corrected chi connectivity index (χ3v) is 4.60. The molecule has 1 aliphatic heterocycles. The summed E-state index contributed by atoms with van der Waals surface area (Å²) in [6, 6.07) is 6.95. The van der Waals surface area contributed by atoms with Gasteiger partial charge in [-0.05, 0) is 49.8 Å². The highest BCUT2D eigenvalue weighted by Gasteiger charge is 2.19. The summed E-state index contributed by atoms with van der Waals surface area (Å²) < 4.78 is 0. The molecule has 1 atom stereocenters. The monoisotopic (exact) mass is 274 g/mol. The van der Waals surface area contributed by atoms with Crippen LogP contribution >= 0.6 is 0 Å².